The van der Waals surface area contributed by atoms with E-state index in [4.69, 9.17) is 0 Å². The Morgan fingerprint density at radius 1 is 1.00 bits per heavy atom. The van der Waals surface area contributed by atoms with E-state index >= 15 is 0 Å². The number of ketones is 2. The van der Waals surface area contributed by atoms with Crippen LogP contribution in [0.15, 0.2) is 29.1 Å². The van der Waals surface area contributed by atoms with Gasteiger partial charge in [0.2, 0.25) is 0 Å². The maximum atomic E-state index is 12.2. The highest BCUT2D eigenvalue weighted by atomic mass is 32.1. The minimum Gasteiger partial charge on any atom is -0.299 e. The van der Waals surface area contributed by atoms with Crippen LogP contribution in [-0.2, 0) is 11.2 Å². The Morgan fingerprint density at radius 2 is 1.76 bits per heavy atom. The standard InChI is InChI=1S/C13H8O3S/c14-7-5-9-12(16)8-3-1-2-4-11(8)17-13(9)10(15)6-7/h1-4H,5-6H2. The topological polar surface area (TPSA) is 51.2 Å². The van der Waals surface area contributed by atoms with E-state index in [0.29, 0.717) is 15.8 Å². The van der Waals surface area contributed by atoms with Gasteiger partial charge in [0.05, 0.1) is 11.3 Å². The Kier molecular flexibility index (Phi) is 2.19. The molecule has 0 unspecified atom stereocenters. The Balaban J connectivity index is 2.43. The van der Waals surface area contributed by atoms with E-state index in [1.807, 2.05) is 12.1 Å². The number of benzene rings is 1. The van der Waals surface area contributed by atoms with E-state index in [0.717, 1.165) is 4.70 Å². The van der Waals surface area contributed by atoms with Crippen molar-refractivity contribution in [3.63, 3.8) is 0 Å². The molecule has 1 heterocycles. The lowest BCUT2D eigenvalue weighted by atomic mass is 9.95. The van der Waals surface area contributed by atoms with Crippen LogP contribution in [-0.4, -0.2) is 11.6 Å². The van der Waals surface area contributed by atoms with Crippen LogP contribution in [0.1, 0.15) is 21.7 Å². The van der Waals surface area contributed by atoms with E-state index in [1.54, 1.807) is 12.1 Å². The molecule has 0 fully saturated rings. The Bertz CT molecular complexity index is 712. The van der Waals surface area contributed by atoms with Crippen molar-refractivity contribution in [3.05, 3.63) is 44.9 Å². The van der Waals surface area contributed by atoms with Crippen molar-refractivity contribution in [1.29, 1.82) is 0 Å². The van der Waals surface area contributed by atoms with E-state index in [1.165, 1.54) is 11.3 Å². The first-order valence-corrected chi connectivity index (χ1v) is 6.08. The molecule has 0 amide bonds. The summed E-state index contributed by atoms with van der Waals surface area (Å²) in [6, 6.07) is 7.18. The van der Waals surface area contributed by atoms with Crippen LogP contribution in [0.4, 0.5) is 0 Å². The molecule has 1 aliphatic carbocycles. The Morgan fingerprint density at radius 3 is 2.59 bits per heavy atom. The zero-order valence-corrected chi connectivity index (χ0v) is 9.67. The molecule has 0 saturated heterocycles. The third-order valence-corrected chi connectivity index (χ3v) is 4.13. The lowest BCUT2D eigenvalue weighted by Gasteiger charge is -2.12. The first-order chi connectivity index (χ1) is 8.16. The number of carbonyl (C=O) groups excluding carboxylic acids is 2. The largest absolute Gasteiger partial charge is 0.299 e. The summed E-state index contributed by atoms with van der Waals surface area (Å²) in [5, 5.41) is 0.596. The van der Waals surface area contributed by atoms with Gasteiger partial charge in [-0.05, 0) is 12.1 Å². The fraction of sp³-hybridized carbons (Fsp3) is 0.154. The van der Waals surface area contributed by atoms with Crippen molar-refractivity contribution < 1.29 is 9.59 Å². The quantitative estimate of drug-likeness (QED) is 0.666. The van der Waals surface area contributed by atoms with E-state index < -0.39 is 0 Å². The van der Waals surface area contributed by atoms with Gasteiger partial charge in [-0.15, -0.1) is 11.3 Å². The number of rotatable bonds is 0. The second-order valence-corrected chi connectivity index (χ2v) is 5.10. The molecule has 84 valence electrons. The normalized spacial score (nSPS) is 15.1. The summed E-state index contributed by atoms with van der Waals surface area (Å²) in [6.45, 7) is 0. The van der Waals surface area contributed by atoms with Gasteiger partial charge >= 0.3 is 0 Å². The van der Waals surface area contributed by atoms with Gasteiger partial charge in [-0.2, -0.15) is 0 Å². The van der Waals surface area contributed by atoms with E-state index in [-0.39, 0.29) is 29.8 Å². The van der Waals surface area contributed by atoms with Crippen molar-refractivity contribution in [1.82, 2.24) is 0 Å². The third-order valence-electron chi connectivity index (χ3n) is 2.88. The average Bonchev–Trinajstić information content (AvgIpc) is 2.31. The van der Waals surface area contributed by atoms with Crippen LogP contribution < -0.4 is 5.43 Å². The van der Waals surface area contributed by atoms with Gasteiger partial charge < -0.3 is 0 Å². The van der Waals surface area contributed by atoms with Gasteiger partial charge in [-0.3, -0.25) is 14.4 Å². The van der Waals surface area contributed by atoms with Crippen LogP contribution in [0.25, 0.3) is 10.1 Å². The van der Waals surface area contributed by atoms with Crippen molar-refractivity contribution in [2.45, 2.75) is 12.8 Å². The minimum atomic E-state index is -0.218. The fourth-order valence-corrected chi connectivity index (χ4v) is 3.20. The molecule has 1 aromatic heterocycles. The van der Waals surface area contributed by atoms with Gasteiger partial charge in [0.15, 0.2) is 11.2 Å². The van der Waals surface area contributed by atoms with Crippen molar-refractivity contribution in [3.8, 4) is 0 Å². The summed E-state index contributed by atoms with van der Waals surface area (Å²) in [5.74, 6) is -0.383. The molecule has 2 aromatic rings. The maximum absolute atomic E-state index is 12.2. The van der Waals surface area contributed by atoms with Crippen LogP contribution >= 0.6 is 11.3 Å². The summed E-state index contributed by atoms with van der Waals surface area (Å²) in [6.07, 6.45) is 0.0303. The molecule has 0 N–H and O–H groups in total. The highest BCUT2D eigenvalue weighted by Gasteiger charge is 2.26. The highest BCUT2D eigenvalue weighted by molar-refractivity contribution is 7.20. The number of carbonyl (C=O) groups is 2. The first kappa shape index (κ1) is 10.4. The van der Waals surface area contributed by atoms with E-state index in [2.05, 4.69) is 0 Å². The Labute approximate surface area is 101 Å². The lowest BCUT2D eigenvalue weighted by molar-refractivity contribution is -0.117. The van der Waals surface area contributed by atoms with Crippen molar-refractivity contribution >= 4 is 33.0 Å². The molecule has 1 aliphatic rings. The van der Waals surface area contributed by atoms with Gasteiger partial charge in [0, 0.05) is 22.1 Å². The average molecular weight is 244 g/mol. The molecule has 0 saturated carbocycles. The van der Waals surface area contributed by atoms with Crippen LogP contribution in [0.3, 0.4) is 0 Å². The van der Waals surface area contributed by atoms with Gasteiger partial charge in [0.1, 0.15) is 5.78 Å². The van der Waals surface area contributed by atoms with Crippen molar-refractivity contribution in [2.75, 3.05) is 0 Å². The van der Waals surface area contributed by atoms with Gasteiger partial charge in [0.25, 0.3) is 0 Å². The highest BCUT2D eigenvalue weighted by Crippen LogP contribution is 2.26. The number of hydrogen-bond donors (Lipinski definition) is 0. The molecule has 0 bridgehead atoms. The smallest absolute Gasteiger partial charge is 0.192 e. The SMILES string of the molecule is O=C1CC(=O)c2sc3ccccc3c(=O)c2C1. The Hall–Kier alpha value is -1.81. The van der Waals surface area contributed by atoms with Crippen molar-refractivity contribution in [2.24, 2.45) is 0 Å². The lowest BCUT2D eigenvalue weighted by Crippen LogP contribution is -2.25. The zero-order chi connectivity index (χ0) is 12.0. The van der Waals surface area contributed by atoms with Crippen LogP contribution in [0, 0.1) is 0 Å². The summed E-state index contributed by atoms with van der Waals surface area (Å²) in [7, 11) is 0. The molecule has 4 heteroatoms. The fourth-order valence-electron chi connectivity index (χ4n) is 2.09. The molecule has 0 spiro atoms. The molecule has 0 atom stereocenters. The summed E-state index contributed by atoms with van der Waals surface area (Å²) < 4.78 is 0.805. The molecular weight excluding hydrogens is 236 g/mol. The van der Waals surface area contributed by atoms with Gasteiger partial charge in [-0.1, -0.05) is 12.1 Å². The zero-order valence-electron chi connectivity index (χ0n) is 8.86. The van der Waals surface area contributed by atoms with Gasteiger partial charge in [-0.25, -0.2) is 0 Å². The number of fused-ring (bicyclic) bond motifs is 2. The molecule has 0 radical (unpaired) electrons. The molecular formula is C13H8O3S. The molecule has 1 aromatic carbocycles. The minimum absolute atomic E-state index is 0.0682. The molecule has 0 aliphatic heterocycles. The maximum Gasteiger partial charge on any atom is 0.192 e. The number of Topliss-reactive ketones (excluding diaryl/α,β-unsaturated/α-hetero) is 2. The second-order valence-electron chi connectivity index (χ2n) is 4.05. The first-order valence-electron chi connectivity index (χ1n) is 5.26. The summed E-state index contributed by atoms with van der Waals surface area (Å²) >= 11 is 1.31. The second kappa shape index (κ2) is 3.60. The summed E-state index contributed by atoms with van der Waals surface area (Å²) in [4.78, 5) is 35.7. The van der Waals surface area contributed by atoms with Crippen LogP contribution in [0.2, 0.25) is 0 Å². The summed E-state index contributed by atoms with van der Waals surface area (Å²) in [5.41, 5.74) is 0.214. The van der Waals surface area contributed by atoms with E-state index in [9.17, 15) is 14.4 Å². The third kappa shape index (κ3) is 1.52. The van der Waals surface area contributed by atoms with Crippen LogP contribution in [0.5, 0.6) is 0 Å². The predicted octanol–water partition coefficient (Wildman–Crippen LogP) is 1.96. The number of hydrogen-bond acceptors (Lipinski definition) is 4. The molecule has 17 heavy (non-hydrogen) atoms. The predicted molar refractivity (Wildman–Crippen MR) is 65.8 cm³/mol. The monoisotopic (exact) mass is 244 g/mol. The molecule has 3 rings (SSSR count). The molecule has 3 nitrogen and oxygen atoms in total.